The summed E-state index contributed by atoms with van der Waals surface area (Å²) >= 11 is 0. The maximum atomic E-state index is 11.9. The minimum Gasteiger partial charge on any atom is -0.410 e. The van der Waals surface area contributed by atoms with Crippen LogP contribution in [0.25, 0.3) is 0 Å². The molecule has 0 saturated heterocycles. The van der Waals surface area contributed by atoms with Gasteiger partial charge in [-0.3, -0.25) is 10.1 Å². The van der Waals surface area contributed by atoms with Gasteiger partial charge in [-0.1, -0.05) is 37.3 Å². The molecule has 3 rings (SSSR count). The van der Waals surface area contributed by atoms with Crippen LogP contribution in [0.5, 0.6) is 5.75 Å². The van der Waals surface area contributed by atoms with E-state index in [0.717, 1.165) is 11.3 Å². The fraction of sp³-hybridized carbons (Fsp3) is 0.167. The third kappa shape index (κ3) is 3.78. The van der Waals surface area contributed by atoms with Crippen LogP contribution in [0.15, 0.2) is 59.7 Å². The Morgan fingerprint density at radius 1 is 1.17 bits per heavy atom. The molecule has 2 amide bonds. The van der Waals surface area contributed by atoms with Gasteiger partial charge in [-0.05, 0) is 29.8 Å². The van der Waals surface area contributed by atoms with E-state index in [0.29, 0.717) is 17.9 Å². The molecule has 1 atom stereocenters. The predicted molar refractivity (Wildman–Crippen MR) is 91.0 cm³/mol. The lowest BCUT2D eigenvalue weighted by Gasteiger charge is -2.19. The number of carbonyl (C=O) groups is 2. The molecule has 1 aliphatic heterocycles. The molecule has 1 unspecified atom stereocenters. The number of carbonyl (C=O) groups excluding carboxylic acids is 2. The van der Waals surface area contributed by atoms with Crippen LogP contribution >= 0.6 is 0 Å². The second kappa shape index (κ2) is 6.95. The summed E-state index contributed by atoms with van der Waals surface area (Å²) in [7, 11) is 0. The van der Waals surface area contributed by atoms with Gasteiger partial charge in [-0.15, -0.1) is 0 Å². The number of para-hydroxylation sites is 1. The summed E-state index contributed by atoms with van der Waals surface area (Å²) in [5, 5.41) is 6.78. The van der Waals surface area contributed by atoms with Crippen molar-refractivity contribution < 1.29 is 14.3 Å². The Bertz CT molecular complexity index is 770. The maximum Gasteiger partial charge on any atom is 0.417 e. The predicted octanol–water partition coefficient (Wildman–Crippen LogP) is 3.16. The highest BCUT2D eigenvalue weighted by atomic mass is 16.6. The van der Waals surface area contributed by atoms with Crippen molar-refractivity contribution in [1.82, 2.24) is 5.43 Å². The molecule has 1 heterocycles. The monoisotopic (exact) mass is 323 g/mol. The number of hydrogen-bond donors (Lipinski definition) is 2. The zero-order valence-corrected chi connectivity index (χ0v) is 13.2. The van der Waals surface area contributed by atoms with E-state index in [9.17, 15) is 9.59 Å². The van der Waals surface area contributed by atoms with Gasteiger partial charge < -0.3 is 4.74 Å². The Balaban J connectivity index is 1.64. The molecule has 0 spiro atoms. The van der Waals surface area contributed by atoms with Crippen LogP contribution in [-0.2, 0) is 4.79 Å². The molecule has 122 valence electrons. The summed E-state index contributed by atoms with van der Waals surface area (Å²) < 4.78 is 5.17. The average molecular weight is 323 g/mol. The van der Waals surface area contributed by atoms with Crippen LogP contribution < -0.4 is 15.5 Å². The first kappa shape index (κ1) is 15.7. The smallest absolute Gasteiger partial charge is 0.410 e. The molecule has 0 bridgehead atoms. The number of nitrogens with one attached hydrogen (secondary N) is 2. The van der Waals surface area contributed by atoms with Gasteiger partial charge in [-0.25, -0.2) is 10.2 Å². The molecule has 6 heteroatoms. The van der Waals surface area contributed by atoms with E-state index in [1.807, 2.05) is 25.1 Å². The number of ether oxygens (including phenoxy) is 1. The number of nitrogens with zero attached hydrogens (tertiary/aromatic N) is 1. The highest BCUT2D eigenvalue weighted by Crippen LogP contribution is 2.19. The topological polar surface area (TPSA) is 79.8 Å². The lowest BCUT2D eigenvalue weighted by atomic mass is 9.94. The molecular weight excluding hydrogens is 306 g/mol. The number of hydrazone groups is 1. The second-order valence-electron chi connectivity index (χ2n) is 5.54. The summed E-state index contributed by atoms with van der Waals surface area (Å²) in [6.07, 6.45) is -0.132. The van der Waals surface area contributed by atoms with Crippen LogP contribution in [0.1, 0.15) is 18.9 Å². The van der Waals surface area contributed by atoms with E-state index >= 15 is 0 Å². The van der Waals surface area contributed by atoms with Crippen molar-refractivity contribution in [2.45, 2.75) is 13.3 Å². The Hall–Kier alpha value is -3.15. The molecule has 0 fully saturated rings. The van der Waals surface area contributed by atoms with Gasteiger partial charge in [-0.2, -0.15) is 5.10 Å². The molecule has 0 saturated carbocycles. The van der Waals surface area contributed by atoms with E-state index in [4.69, 9.17) is 4.74 Å². The van der Waals surface area contributed by atoms with Gasteiger partial charge in [0, 0.05) is 18.0 Å². The van der Waals surface area contributed by atoms with Gasteiger partial charge in [0.15, 0.2) is 0 Å². The first-order valence-corrected chi connectivity index (χ1v) is 7.62. The summed E-state index contributed by atoms with van der Waals surface area (Å²) in [6, 6.07) is 16.1. The van der Waals surface area contributed by atoms with Crippen molar-refractivity contribution in [2.75, 3.05) is 5.32 Å². The van der Waals surface area contributed by atoms with E-state index in [1.165, 1.54) is 0 Å². The lowest BCUT2D eigenvalue weighted by molar-refractivity contribution is -0.121. The number of rotatable bonds is 3. The minimum atomic E-state index is -0.551. The number of benzene rings is 2. The van der Waals surface area contributed by atoms with E-state index < -0.39 is 6.09 Å². The summed E-state index contributed by atoms with van der Waals surface area (Å²) in [5.41, 5.74) is 4.85. The van der Waals surface area contributed by atoms with Gasteiger partial charge in [0.05, 0.1) is 5.71 Å². The van der Waals surface area contributed by atoms with E-state index in [1.54, 1.807) is 36.4 Å². The standard InChI is InChI=1S/C18H17N3O3/c1-12-11-16(22)20-21-17(12)13-7-9-14(10-8-13)19-18(23)24-15-5-3-2-4-6-15/h2-10,12H,11H2,1H3,(H,19,23)(H,20,22). The Morgan fingerprint density at radius 2 is 1.88 bits per heavy atom. The number of anilines is 1. The lowest BCUT2D eigenvalue weighted by Crippen LogP contribution is -2.31. The molecule has 2 N–H and O–H groups in total. The fourth-order valence-corrected chi connectivity index (χ4v) is 2.47. The highest BCUT2D eigenvalue weighted by Gasteiger charge is 2.21. The van der Waals surface area contributed by atoms with Crippen molar-refractivity contribution in [3.63, 3.8) is 0 Å². The van der Waals surface area contributed by atoms with Gasteiger partial charge >= 0.3 is 6.09 Å². The normalized spacial score (nSPS) is 16.8. The third-order valence-corrected chi connectivity index (χ3v) is 3.64. The van der Waals surface area contributed by atoms with Crippen molar-refractivity contribution in [2.24, 2.45) is 11.0 Å². The zero-order chi connectivity index (χ0) is 16.9. The minimum absolute atomic E-state index is 0.0561. The SMILES string of the molecule is CC1CC(=O)NN=C1c1ccc(NC(=O)Oc2ccccc2)cc1. The van der Waals surface area contributed by atoms with Gasteiger partial charge in [0.2, 0.25) is 5.91 Å². The molecule has 6 nitrogen and oxygen atoms in total. The average Bonchev–Trinajstić information content (AvgIpc) is 2.57. The molecule has 0 aromatic heterocycles. The summed E-state index contributed by atoms with van der Waals surface area (Å²) in [4.78, 5) is 23.1. The fourth-order valence-electron chi connectivity index (χ4n) is 2.47. The quantitative estimate of drug-likeness (QED) is 0.910. The van der Waals surface area contributed by atoms with Crippen LogP contribution in [-0.4, -0.2) is 17.7 Å². The van der Waals surface area contributed by atoms with Crippen molar-refractivity contribution in [3.8, 4) is 5.75 Å². The molecular formula is C18H17N3O3. The van der Waals surface area contributed by atoms with E-state index in [-0.39, 0.29) is 11.8 Å². The van der Waals surface area contributed by atoms with E-state index in [2.05, 4.69) is 15.8 Å². The van der Waals surface area contributed by atoms with Gasteiger partial charge in [0.1, 0.15) is 5.75 Å². The molecule has 2 aromatic rings. The van der Waals surface area contributed by atoms with Crippen molar-refractivity contribution in [1.29, 1.82) is 0 Å². The first-order valence-electron chi connectivity index (χ1n) is 7.62. The summed E-state index contributed by atoms with van der Waals surface area (Å²) in [6.45, 7) is 1.96. The second-order valence-corrected chi connectivity index (χ2v) is 5.54. The molecule has 0 radical (unpaired) electrons. The largest absolute Gasteiger partial charge is 0.417 e. The first-order chi connectivity index (χ1) is 11.6. The molecule has 0 aliphatic carbocycles. The molecule has 1 aliphatic rings. The summed E-state index contributed by atoms with van der Waals surface area (Å²) in [5.74, 6) is 0.460. The van der Waals surface area contributed by atoms with Crippen molar-refractivity contribution in [3.05, 3.63) is 60.2 Å². The Kier molecular flexibility index (Phi) is 4.56. The molecule has 24 heavy (non-hydrogen) atoms. The van der Waals surface area contributed by atoms with Crippen LogP contribution in [0.3, 0.4) is 0 Å². The zero-order valence-electron chi connectivity index (χ0n) is 13.2. The Morgan fingerprint density at radius 3 is 2.54 bits per heavy atom. The van der Waals surface area contributed by atoms with Crippen LogP contribution in [0.4, 0.5) is 10.5 Å². The van der Waals surface area contributed by atoms with Gasteiger partial charge in [0.25, 0.3) is 0 Å². The highest BCUT2D eigenvalue weighted by molar-refractivity contribution is 6.06. The maximum absolute atomic E-state index is 11.9. The third-order valence-electron chi connectivity index (χ3n) is 3.64. The van der Waals surface area contributed by atoms with Crippen molar-refractivity contribution >= 4 is 23.4 Å². The number of amides is 2. The van der Waals surface area contributed by atoms with Crippen LogP contribution in [0, 0.1) is 5.92 Å². The number of hydrogen-bond acceptors (Lipinski definition) is 4. The van der Waals surface area contributed by atoms with Crippen LogP contribution in [0.2, 0.25) is 0 Å². The molecule has 2 aromatic carbocycles. The Labute approximate surface area is 139 Å².